The van der Waals surface area contributed by atoms with E-state index in [1.165, 1.54) is 30.3 Å². The third-order valence-electron chi connectivity index (χ3n) is 8.32. The monoisotopic (exact) mass is 795 g/mol. The minimum atomic E-state index is -1.62. The van der Waals surface area contributed by atoms with Gasteiger partial charge in [0.05, 0.1) is 23.7 Å². The molecule has 0 aromatic heterocycles. The maximum absolute atomic E-state index is 13.1. The smallest absolute Gasteiger partial charge is 0.338 e. The molecule has 298 valence electrons. The Morgan fingerprint density at radius 1 is 0.800 bits per heavy atom. The van der Waals surface area contributed by atoms with Gasteiger partial charge in [-0.2, -0.15) is 0 Å². The molecule has 19 nitrogen and oxygen atoms in total. The molecule has 55 heavy (non-hydrogen) atoms. The van der Waals surface area contributed by atoms with Gasteiger partial charge in [0.2, 0.25) is 0 Å². The van der Waals surface area contributed by atoms with Gasteiger partial charge in [0, 0.05) is 33.8 Å². The van der Waals surface area contributed by atoms with Gasteiger partial charge in [0.15, 0.2) is 37.0 Å². The molecule has 3 saturated heterocycles. The molecule has 0 radical (unpaired) electrons. The first kappa shape index (κ1) is 41.4. The maximum Gasteiger partial charge on any atom is 0.338 e. The third-order valence-corrected chi connectivity index (χ3v) is 8.64. The van der Waals surface area contributed by atoms with Crippen LogP contribution in [-0.4, -0.2) is 116 Å². The maximum atomic E-state index is 13.1. The van der Waals surface area contributed by atoms with Gasteiger partial charge in [-0.1, -0.05) is 35.9 Å². The lowest BCUT2D eigenvalue weighted by Gasteiger charge is -2.49. The molecule has 3 heterocycles. The topological polar surface area (TPSA) is 230 Å². The first-order valence-electron chi connectivity index (χ1n) is 16.8. The van der Waals surface area contributed by atoms with Crippen molar-refractivity contribution in [1.82, 2.24) is 0 Å². The Morgan fingerprint density at radius 2 is 1.42 bits per heavy atom. The molecular formula is C35H38ClNO18. The number of carbonyl (C=O) groups excluding carboxylic acids is 5. The van der Waals surface area contributed by atoms with Gasteiger partial charge < -0.3 is 52.1 Å². The summed E-state index contributed by atoms with van der Waals surface area (Å²) >= 11 is 5.97. The zero-order valence-corrected chi connectivity index (χ0v) is 30.7. The number of benzene rings is 2. The summed E-state index contributed by atoms with van der Waals surface area (Å²) in [7, 11) is 0. The Labute approximate surface area is 318 Å². The number of nitro benzene ring substituents is 1. The molecule has 0 amide bonds. The number of ether oxygens (including phenoxy) is 11. The quantitative estimate of drug-likeness (QED) is 0.123. The predicted molar refractivity (Wildman–Crippen MR) is 180 cm³/mol. The summed E-state index contributed by atoms with van der Waals surface area (Å²) in [5, 5.41) is 11.4. The average molecular weight is 796 g/mol. The number of halogens is 1. The number of esters is 5. The van der Waals surface area contributed by atoms with E-state index in [0.717, 1.165) is 27.7 Å². The highest BCUT2D eigenvalue weighted by Crippen LogP contribution is 2.36. The molecular weight excluding hydrogens is 758 g/mol. The summed E-state index contributed by atoms with van der Waals surface area (Å²) < 4.78 is 63.9. The van der Waals surface area contributed by atoms with Crippen molar-refractivity contribution in [1.29, 1.82) is 0 Å². The van der Waals surface area contributed by atoms with Crippen molar-refractivity contribution in [2.45, 2.75) is 95.7 Å². The number of hydrogen-bond acceptors (Lipinski definition) is 18. The van der Waals surface area contributed by atoms with Crippen LogP contribution in [0.4, 0.5) is 5.69 Å². The predicted octanol–water partition coefficient (Wildman–Crippen LogP) is 2.56. The molecule has 0 unspecified atom stereocenters. The normalized spacial score (nSPS) is 28.8. The van der Waals surface area contributed by atoms with E-state index in [-0.39, 0.29) is 36.2 Å². The molecule has 2 aromatic carbocycles. The summed E-state index contributed by atoms with van der Waals surface area (Å²) in [4.78, 5) is 73.8. The molecule has 10 atom stereocenters. The first-order valence-corrected chi connectivity index (χ1v) is 17.2. The largest absolute Gasteiger partial charge is 0.459 e. The average Bonchev–Trinajstić information content (AvgIpc) is 3.13. The van der Waals surface area contributed by atoms with E-state index in [9.17, 15) is 34.1 Å². The van der Waals surface area contributed by atoms with Gasteiger partial charge in [-0.3, -0.25) is 29.3 Å². The van der Waals surface area contributed by atoms with Gasteiger partial charge in [-0.05, 0) is 23.8 Å². The number of nitrogens with zero attached hydrogens (tertiary/aromatic N) is 1. The molecule has 0 saturated carbocycles. The third kappa shape index (κ3) is 10.7. The standard InChI is InChI=1S/C35H38ClNO18/c1-17(38)49-29-27-25(14-45-16-48-27)54-35(32(29)52-20(4)41)55-28-26(15-46-33(42)22-8-6-5-7-9-22)53-34(31(51-19(3)40)30(28)50-18(2)39)47-13-21-10-11-23(36)24(12-21)37(43)44/h5-12,25-32,34-35H,13-16H2,1-4H3/t25-,26-,27-,28-,29+,30+,31-,32-,34-,35-/m1/s1. The van der Waals surface area contributed by atoms with Gasteiger partial charge in [-0.15, -0.1) is 0 Å². The van der Waals surface area contributed by atoms with Crippen LogP contribution in [0.15, 0.2) is 48.5 Å². The molecule has 0 N–H and O–H groups in total. The first-order chi connectivity index (χ1) is 26.2. The second-order valence-corrected chi connectivity index (χ2v) is 12.8. The van der Waals surface area contributed by atoms with Crippen LogP contribution >= 0.6 is 11.6 Å². The van der Waals surface area contributed by atoms with E-state index >= 15 is 0 Å². The van der Waals surface area contributed by atoms with E-state index in [4.69, 9.17) is 63.7 Å². The number of carbonyl (C=O) groups is 5. The minimum Gasteiger partial charge on any atom is -0.459 e. The lowest BCUT2D eigenvalue weighted by Crippen LogP contribution is -2.67. The van der Waals surface area contributed by atoms with Crippen molar-refractivity contribution in [3.63, 3.8) is 0 Å². The Bertz CT molecular complexity index is 1730. The van der Waals surface area contributed by atoms with E-state index in [1.807, 2.05) is 0 Å². The summed E-state index contributed by atoms with van der Waals surface area (Å²) in [5.41, 5.74) is 0.0394. The molecule has 3 fully saturated rings. The molecule has 0 spiro atoms. The highest BCUT2D eigenvalue weighted by atomic mass is 35.5. The highest BCUT2D eigenvalue weighted by molar-refractivity contribution is 6.32. The molecule has 0 aliphatic carbocycles. The minimum absolute atomic E-state index is 0.0589. The van der Waals surface area contributed by atoms with E-state index in [2.05, 4.69) is 0 Å². The second kappa shape index (κ2) is 18.7. The lowest BCUT2D eigenvalue weighted by molar-refractivity contribution is -0.384. The zero-order valence-electron chi connectivity index (χ0n) is 29.9. The summed E-state index contributed by atoms with van der Waals surface area (Å²) in [6, 6.07) is 11.9. The van der Waals surface area contributed by atoms with E-state index in [0.29, 0.717) is 0 Å². The van der Waals surface area contributed by atoms with Crippen molar-refractivity contribution >= 4 is 47.1 Å². The van der Waals surface area contributed by atoms with Gasteiger partial charge in [0.1, 0.15) is 42.8 Å². The Balaban J connectivity index is 1.53. The van der Waals surface area contributed by atoms with Gasteiger partial charge in [0.25, 0.3) is 5.69 Å². The fraction of sp³-hybridized carbons (Fsp3) is 0.514. The fourth-order valence-corrected chi connectivity index (χ4v) is 6.33. The van der Waals surface area contributed by atoms with Crippen LogP contribution in [0.2, 0.25) is 5.02 Å². The molecule has 3 aliphatic heterocycles. The van der Waals surface area contributed by atoms with E-state index < -0.39 is 108 Å². The molecule has 20 heteroatoms. The summed E-state index contributed by atoms with van der Waals surface area (Å²) in [5.74, 6) is -4.08. The van der Waals surface area contributed by atoms with Crippen molar-refractivity contribution in [2.24, 2.45) is 0 Å². The lowest BCUT2D eigenvalue weighted by atomic mass is 9.95. The van der Waals surface area contributed by atoms with Crippen LogP contribution in [0.5, 0.6) is 0 Å². The number of fused-ring (bicyclic) bond motifs is 1. The number of nitro groups is 1. The Morgan fingerprint density at radius 3 is 2.05 bits per heavy atom. The molecule has 0 bridgehead atoms. The van der Waals surface area contributed by atoms with Crippen molar-refractivity contribution in [3.05, 3.63) is 74.8 Å². The Kier molecular flexibility index (Phi) is 14.1. The van der Waals surface area contributed by atoms with Crippen LogP contribution in [0.1, 0.15) is 43.6 Å². The summed E-state index contributed by atoms with van der Waals surface area (Å²) in [6.07, 6.45) is -14.1. The van der Waals surface area contributed by atoms with Crippen molar-refractivity contribution < 1.29 is 81.0 Å². The SMILES string of the molecule is CC(=O)O[C@@H]1[C@@H](OC(C)=O)[C@@H](O[C@H]2[C@H](OC(C)=O)[C@@H](OC(C)=O)[C@H](OCc3ccc(Cl)c([N+](=O)[O-])c3)O[C@@H]2COC(=O)c2ccccc2)O[C@@H]2COCO[C@@H]12. The van der Waals surface area contributed by atoms with Crippen molar-refractivity contribution in [2.75, 3.05) is 20.0 Å². The van der Waals surface area contributed by atoms with Gasteiger partial charge >= 0.3 is 29.8 Å². The molecule has 2 aromatic rings. The highest BCUT2D eigenvalue weighted by Gasteiger charge is 2.57. The number of hydrogen-bond donors (Lipinski definition) is 0. The van der Waals surface area contributed by atoms with Crippen LogP contribution in [0.25, 0.3) is 0 Å². The fourth-order valence-electron chi connectivity index (χ4n) is 6.15. The molecule has 3 aliphatic rings. The van der Waals surface area contributed by atoms with Crippen LogP contribution < -0.4 is 0 Å². The zero-order chi connectivity index (χ0) is 39.8. The number of rotatable bonds is 13. The summed E-state index contributed by atoms with van der Waals surface area (Å²) in [6.45, 7) is 3.17. The van der Waals surface area contributed by atoms with Crippen molar-refractivity contribution in [3.8, 4) is 0 Å². The second-order valence-electron chi connectivity index (χ2n) is 12.4. The molecule has 5 rings (SSSR count). The van der Waals surface area contributed by atoms with Crippen LogP contribution in [-0.2, 0) is 77.9 Å². The Hall–Kier alpha value is -4.76. The van der Waals surface area contributed by atoms with Crippen LogP contribution in [0.3, 0.4) is 0 Å². The van der Waals surface area contributed by atoms with Gasteiger partial charge in [-0.25, -0.2) is 4.79 Å². The van der Waals surface area contributed by atoms with E-state index in [1.54, 1.807) is 18.2 Å². The van der Waals surface area contributed by atoms with Crippen LogP contribution in [0, 0.1) is 10.1 Å².